The summed E-state index contributed by atoms with van der Waals surface area (Å²) in [7, 11) is 0. The Bertz CT molecular complexity index is 490. The third-order valence-electron chi connectivity index (χ3n) is 3.03. The second kappa shape index (κ2) is 4.52. The van der Waals surface area contributed by atoms with Crippen molar-refractivity contribution in [2.45, 2.75) is 31.7 Å². The maximum Gasteiger partial charge on any atom is 0.145 e. The molecule has 5 nitrogen and oxygen atoms in total. The second-order valence-electron chi connectivity index (χ2n) is 4.16. The Labute approximate surface area is 104 Å². The Morgan fingerprint density at radius 1 is 1.47 bits per heavy atom. The molecule has 0 amide bonds. The third kappa shape index (κ3) is 2.09. The highest BCUT2D eigenvalue weighted by Gasteiger charge is 2.21. The summed E-state index contributed by atoms with van der Waals surface area (Å²) in [6.07, 6.45) is 4.68. The Morgan fingerprint density at radius 3 is 3.24 bits per heavy atom. The molecule has 0 N–H and O–H groups in total. The van der Waals surface area contributed by atoms with Crippen molar-refractivity contribution in [1.82, 2.24) is 24.5 Å². The van der Waals surface area contributed by atoms with E-state index in [1.807, 2.05) is 28.7 Å². The zero-order valence-electron chi connectivity index (χ0n) is 9.78. The maximum absolute atomic E-state index is 4.31. The van der Waals surface area contributed by atoms with E-state index in [0.29, 0.717) is 5.25 Å². The van der Waals surface area contributed by atoms with E-state index in [4.69, 9.17) is 0 Å². The standard InChI is InChI=1S/C11H15N5S/c1-9-11-14-13-10(16(11)7-8-17-9)3-6-15-5-2-4-12-15/h2,4-5,9H,3,6-8H2,1H3. The van der Waals surface area contributed by atoms with Crippen LogP contribution in [0.1, 0.15) is 23.8 Å². The van der Waals surface area contributed by atoms with Gasteiger partial charge in [0.15, 0.2) is 0 Å². The fourth-order valence-electron chi connectivity index (χ4n) is 2.12. The van der Waals surface area contributed by atoms with Crippen molar-refractivity contribution < 1.29 is 0 Å². The molecule has 1 aliphatic rings. The number of nitrogens with zero attached hydrogens (tertiary/aromatic N) is 5. The van der Waals surface area contributed by atoms with Crippen molar-refractivity contribution in [2.24, 2.45) is 0 Å². The van der Waals surface area contributed by atoms with Crippen LogP contribution in [-0.2, 0) is 19.5 Å². The highest BCUT2D eigenvalue weighted by atomic mass is 32.2. The van der Waals surface area contributed by atoms with Gasteiger partial charge in [0, 0.05) is 37.7 Å². The van der Waals surface area contributed by atoms with Crippen LogP contribution in [0.4, 0.5) is 0 Å². The van der Waals surface area contributed by atoms with Crippen LogP contribution in [0, 0.1) is 0 Å². The van der Waals surface area contributed by atoms with Gasteiger partial charge in [0.2, 0.25) is 0 Å². The molecule has 1 atom stereocenters. The number of aryl methyl sites for hydroxylation is 2. The van der Waals surface area contributed by atoms with E-state index in [-0.39, 0.29) is 0 Å². The minimum atomic E-state index is 0.467. The lowest BCUT2D eigenvalue weighted by molar-refractivity contribution is 0.570. The molecule has 0 saturated carbocycles. The number of rotatable bonds is 3. The van der Waals surface area contributed by atoms with E-state index in [1.165, 1.54) is 0 Å². The van der Waals surface area contributed by atoms with E-state index in [2.05, 4.69) is 26.8 Å². The lowest BCUT2D eigenvalue weighted by Crippen LogP contribution is -2.17. The van der Waals surface area contributed by atoms with Gasteiger partial charge >= 0.3 is 0 Å². The molecule has 2 aromatic rings. The van der Waals surface area contributed by atoms with Crippen LogP contribution in [0.15, 0.2) is 18.5 Å². The first-order valence-electron chi connectivity index (χ1n) is 5.85. The van der Waals surface area contributed by atoms with Crippen molar-refractivity contribution >= 4 is 11.8 Å². The van der Waals surface area contributed by atoms with Gasteiger partial charge in [0.25, 0.3) is 0 Å². The number of hydrogen-bond acceptors (Lipinski definition) is 4. The number of hydrogen-bond donors (Lipinski definition) is 0. The van der Waals surface area contributed by atoms with E-state index in [9.17, 15) is 0 Å². The topological polar surface area (TPSA) is 48.5 Å². The van der Waals surface area contributed by atoms with Crippen molar-refractivity contribution in [3.05, 3.63) is 30.1 Å². The molecule has 17 heavy (non-hydrogen) atoms. The van der Waals surface area contributed by atoms with E-state index in [0.717, 1.165) is 36.9 Å². The molecular weight excluding hydrogens is 234 g/mol. The van der Waals surface area contributed by atoms with E-state index < -0.39 is 0 Å². The van der Waals surface area contributed by atoms with Gasteiger partial charge in [-0.1, -0.05) is 0 Å². The summed E-state index contributed by atoms with van der Waals surface area (Å²) in [5.41, 5.74) is 0. The summed E-state index contributed by atoms with van der Waals surface area (Å²) >= 11 is 1.95. The van der Waals surface area contributed by atoms with Crippen LogP contribution in [0.25, 0.3) is 0 Å². The molecule has 1 aliphatic heterocycles. The van der Waals surface area contributed by atoms with Crippen molar-refractivity contribution in [3.63, 3.8) is 0 Å². The molecule has 0 spiro atoms. The summed E-state index contributed by atoms with van der Waals surface area (Å²) in [6, 6.07) is 1.94. The molecule has 0 aliphatic carbocycles. The first-order valence-corrected chi connectivity index (χ1v) is 6.90. The highest BCUT2D eigenvalue weighted by Crippen LogP contribution is 2.31. The van der Waals surface area contributed by atoms with Gasteiger partial charge in [-0.2, -0.15) is 5.10 Å². The predicted octanol–water partition coefficient (Wildman–Crippen LogP) is 1.53. The maximum atomic E-state index is 4.31. The SMILES string of the molecule is CC1SCCn2c(CCn3cccn3)nnc21. The van der Waals surface area contributed by atoms with Gasteiger partial charge in [-0.05, 0) is 13.0 Å². The molecule has 1 unspecified atom stereocenters. The first kappa shape index (κ1) is 10.8. The normalized spacial score (nSPS) is 19.2. The zero-order chi connectivity index (χ0) is 11.7. The summed E-state index contributed by atoms with van der Waals surface area (Å²) in [6.45, 7) is 4.10. The fraction of sp³-hybridized carbons (Fsp3) is 0.545. The predicted molar refractivity (Wildman–Crippen MR) is 66.8 cm³/mol. The Morgan fingerprint density at radius 2 is 2.41 bits per heavy atom. The Balaban J connectivity index is 1.75. The minimum absolute atomic E-state index is 0.467. The summed E-state index contributed by atoms with van der Waals surface area (Å²) in [4.78, 5) is 0. The first-order chi connectivity index (χ1) is 8.34. The summed E-state index contributed by atoms with van der Waals surface area (Å²) in [5.74, 6) is 3.36. The van der Waals surface area contributed by atoms with Crippen LogP contribution >= 0.6 is 11.8 Å². The summed E-state index contributed by atoms with van der Waals surface area (Å²) < 4.78 is 4.20. The molecule has 0 fully saturated rings. The van der Waals surface area contributed by atoms with Crippen LogP contribution in [0.2, 0.25) is 0 Å². The largest absolute Gasteiger partial charge is 0.313 e. The Kier molecular flexibility index (Phi) is 2.88. The van der Waals surface area contributed by atoms with Crippen LogP contribution in [0.5, 0.6) is 0 Å². The second-order valence-corrected chi connectivity index (χ2v) is 5.61. The lowest BCUT2D eigenvalue weighted by Gasteiger charge is -2.19. The van der Waals surface area contributed by atoms with E-state index >= 15 is 0 Å². The monoisotopic (exact) mass is 249 g/mol. The average molecular weight is 249 g/mol. The van der Waals surface area contributed by atoms with Gasteiger partial charge in [-0.3, -0.25) is 4.68 Å². The molecule has 90 valence electrons. The lowest BCUT2D eigenvalue weighted by atomic mass is 10.3. The Hall–Kier alpha value is -1.30. The molecule has 6 heteroatoms. The average Bonchev–Trinajstić information content (AvgIpc) is 2.95. The molecule has 0 saturated heterocycles. The molecular formula is C11H15N5S. The smallest absolute Gasteiger partial charge is 0.145 e. The third-order valence-corrected chi connectivity index (χ3v) is 4.16. The van der Waals surface area contributed by atoms with E-state index in [1.54, 1.807) is 6.20 Å². The van der Waals surface area contributed by atoms with Gasteiger partial charge in [-0.25, -0.2) is 0 Å². The van der Waals surface area contributed by atoms with Crippen molar-refractivity contribution in [1.29, 1.82) is 0 Å². The van der Waals surface area contributed by atoms with Crippen LogP contribution in [-0.4, -0.2) is 30.3 Å². The number of thioether (sulfide) groups is 1. The summed E-state index contributed by atoms with van der Waals surface area (Å²) in [5, 5.41) is 13.3. The van der Waals surface area contributed by atoms with Crippen molar-refractivity contribution in [2.75, 3.05) is 5.75 Å². The van der Waals surface area contributed by atoms with Gasteiger partial charge in [0.1, 0.15) is 11.6 Å². The van der Waals surface area contributed by atoms with Crippen LogP contribution < -0.4 is 0 Å². The fourth-order valence-corrected chi connectivity index (χ4v) is 3.09. The molecule has 0 radical (unpaired) electrons. The zero-order valence-corrected chi connectivity index (χ0v) is 10.6. The molecule has 3 rings (SSSR count). The number of fused-ring (bicyclic) bond motifs is 1. The number of aromatic nitrogens is 5. The van der Waals surface area contributed by atoms with Gasteiger partial charge in [-0.15, -0.1) is 22.0 Å². The minimum Gasteiger partial charge on any atom is -0.313 e. The van der Waals surface area contributed by atoms with Gasteiger partial charge in [0.05, 0.1) is 5.25 Å². The molecule has 0 aromatic carbocycles. The molecule has 3 heterocycles. The van der Waals surface area contributed by atoms with Crippen LogP contribution in [0.3, 0.4) is 0 Å². The van der Waals surface area contributed by atoms with Gasteiger partial charge < -0.3 is 4.57 Å². The quantitative estimate of drug-likeness (QED) is 0.827. The molecule has 2 aromatic heterocycles. The molecule has 0 bridgehead atoms. The van der Waals surface area contributed by atoms with Crippen molar-refractivity contribution in [3.8, 4) is 0 Å². The highest BCUT2D eigenvalue weighted by molar-refractivity contribution is 7.99.